The van der Waals surface area contributed by atoms with Gasteiger partial charge in [0.05, 0.1) is 5.56 Å². The third-order valence-electron chi connectivity index (χ3n) is 2.84. The van der Waals surface area contributed by atoms with Gasteiger partial charge < -0.3 is 15.7 Å². The van der Waals surface area contributed by atoms with E-state index in [1.54, 1.807) is 6.07 Å². The van der Waals surface area contributed by atoms with Crippen molar-refractivity contribution in [1.29, 1.82) is 5.26 Å². The van der Waals surface area contributed by atoms with E-state index >= 15 is 0 Å². The Morgan fingerprint density at radius 1 is 1.41 bits per heavy atom. The highest BCUT2D eigenvalue weighted by molar-refractivity contribution is 6.06. The lowest BCUT2D eigenvalue weighted by Gasteiger charge is -2.07. The van der Waals surface area contributed by atoms with Crippen LogP contribution in [0, 0.1) is 17.2 Å². The van der Waals surface area contributed by atoms with Crippen LogP contribution >= 0.6 is 0 Å². The van der Waals surface area contributed by atoms with Crippen molar-refractivity contribution < 1.29 is 14.7 Å². The number of aromatic carboxylic acids is 1. The molecular weight excluding hydrogens is 282 g/mol. The van der Waals surface area contributed by atoms with Crippen molar-refractivity contribution in [2.24, 2.45) is 5.92 Å². The molecule has 116 valence electrons. The highest BCUT2D eigenvalue weighted by Crippen LogP contribution is 2.11. The molecule has 6 heteroatoms. The van der Waals surface area contributed by atoms with Crippen LogP contribution in [0.25, 0.3) is 0 Å². The molecule has 1 aromatic carbocycles. The summed E-state index contributed by atoms with van der Waals surface area (Å²) in [5.41, 5.74) is 0.327. The second-order valence-corrected chi connectivity index (χ2v) is 5.15. The molecule has 0 unspecified atom stereocenters. The first kappa shape index (κ1) is 17.2. The highest BCUT2D eigenvalue weighted by Gasteiger charge is 2.10. The van der Waals surface area contributed by atoms with Crippen LogP contribution in [0.1, 0.15) is 30.6 Å². The number of nitrogens with zero attached hydrogens (tertiary/aromatic N) is 1. The normalized spacial score (nSPS) is 10.9. The average molecular weight is 301 g/mol. The summed E-state index contributed by atoms with van der Waals surface area (Å²) in [6.07, 6.45) is 2.30. The standard InChI is InChI=1S/C16H19N3O3/c1-11(2)6-7-18-10-13(9-17)15(20)19-14-5-3-4-12(8-14)16(21)22/h3-5,8,10-11,18H,6-7H2,1-2H3,(H,19,20)(H,21,22)/b13-10-. The molecule has 3 N–H and O–H groups in total. The number of hydrogen-bond donors (Lipinski definition) is 3. The first-order valence-corrected chi connectivity index (χ1v) is 6.92. The molecule has 0 fully saturated rings. The fraction of sp³-hybridized carbons (Fsp3) is 0.312. The highest BCUT2D eigenvalue weighted by atomic mass is 16.4. The van der Waals surface area contributed by atoms with Gasteiger partial charge in [0.2, 0.25) is 0 Å². The van der Waals surface area contributed by atoms with Crippen LogP contribution in [0.2, 0.25) is 0 Å². The van der Waals surface area contributed by atoms with Crippen LogP contribution in [0.15, 0.2) is 36.0 Å². The number of rotatable bonds is 7. The van der Waals surface area contributed by atoms with E-state index in [9.17, 15) is 9.59 Å². The van der Waals surface area contributed by atoms with Crippen LogP contribution in [0.4, 0.5) is 5.69 Å². The van der Waals surface area contributed by atoms with Gasteiger partial charge in [-0.25, -0.2) is 4.79 Å². The van der Waals surface area contributed by atoms with Gasteiger partial charge in [-0.3, -0.25) is 4.79 Å². The lowest BCUT2D eigenvalue weighted by Crippen LogP contribution is -2.18. The number of anilines is 1. The quantitative estimate of drug-likeness (QED) is 0.407. The first-order valence-electron chi connectivity index (χ1n) is 6.92. The Bertz CT molecular complexity index is 615. The number of carboxylic acids is 1. The molecule has 0 atom stereocenters. The monoisotopic (exact) mass is 301 g/mol. The molecule has 0 aliphatic carbocycles. The Balaban J connectivity index is 2.69. The first-order chi connectivity index (χ1) is 10.4. The van der Waals surface area contributed by atoms with Gasteiger partial charge in [-0.15, -0.1) is 0 Å². The molecule has 0 heterocycles. The molecule has 1 amide bonds. The van der Waals surface area contributed by atoms with Crippen LogP contribution in [-0.2, 0) is 4.79 Å². The van der Waals surface area contributed by atoms with E-state index in [1.807, 2.05) is 6.07 Å². The van der Waals surface area contributed by atoms with Gasteiger partial charge in [-0.1, -0.05) is 19.9 Å². The minimum Gasteiger partial charge on any atom is -0.478 e. The van der Waals surface area contributed by atoms with Gasteiger partial charge in [0.15, 0.2) is 0 Å². The van der Waals surface area contributed by atoms with Crippen molar-refractivity contribution >= 4 is 17.6 Å². The molecule has 1 rings (SSSR count). The molecule has 0 aromatic heterocycles. The Labute approximate surface area is 129 Å². The smallest absolute Gasteiger partial charge is 0.335 e. The van der Waals surface area contributed by atoms with Crippen molar-refractivity contribution in [3.63, 3.8) is 0 Å². The summed E-state index contributed by atoms with van der Waals surface area (Å²) in [5.74, 6) is -1.14. The fourth-order valence-corrected chi connectivity index (χ4v) is 1.62. The van der Waals surface area contributed by atoms with Gasteiger partial charge >= 0.3 is 5.97 Å². The van der Waals surface area contributed by atoms with Gasteiger partial charge in [-0.05, 0) is 30.5 Å². The molecule has 0 bridgehead atoms. The summed E-state index contributed by atoms with van der Waals surface area (Å²) < 4.78 is 0. The molecule has 0 aliphatic heterocycles. The fourth-order valence-electron chi connectivity index (χ4n) is 1.62. The largest absolute Gasteiger partial charge is 0.478 e. The molecule has 1 aromatic rings. The predicted octanol–water partition coefficient (Wildman–Crippen LogP) is 2.37. The summed E-state index contributed by atoms with van der Waals surface area (Å²) in [5, 5.41) is 23.3. The third-order valence-corrected chi connectivity index (χ3v) is 2.84. The zero-order valence-corrected chi connectivity index (χ0v) is 12.6. The number of carbonyl (C=O) groups is 2. The third kappa shape index (κ3) is 5.67. The number of amides is 1. The second-order valence-electron chi connectivity index (χ2n) is 5.15. The Hall–Kier alpha value is -2.81. The summed E-state index contributed by atoms with van der Waals surface area (Å²) in [4.78, 5) is 22.8. The number of benzene rings is 1. The number of nitrogens with one attached hydrogen (secondary N) is 2. The van der Waals surface area contributed by atoms with Crippen molar-refractivity contribution in [3.05, 3.63) is 41.6 Å². The number of carbonyl (C=O) groups excluding carboxylic acids is 1. The maximum Gasteiger partial charge on any atom is 0.335 e. The summed E-state index contributed by atoms with van der Waals surface area (Å²) in [7, 11) is 0. The lowest BCUT2D eigenvalue weighted by molar-refractivity contribution is -0.112. The summed E-state index contributed by atoms with van der Waals surface area (Å²) >= 11 is 0. The number of carboxylic acid groups (broad SMARTS) is 1. The van der Waals surface area contributed by atoms with Crippen molar-refractivity contribution in [3.8, 4) is 6.07 Å². The van der Waals surface area contributed by atoms with E-state index in [-0.39, 0.29) is 11.1 Å². The predicted molar refractivity (Wildman–Crippen MR) is 83.2 cm³/mol. The van der Waals surface area contributed by atoms with E-state index < -0.39 is 11.9 Å². The maximum absolute atomic E-state index is 12.0. The van der Waals surface area contributed by atoms with E-state index in [2.05, 4.69) is 24.5 Å². The van der Waals surface area contributed by atoms with Crippen LogP contribution in [0.5, 0.6) is 0 Å². The average Bonchev–Trinajstić information content (AvgIpc) is 2.47. The molecule has 0 saturated heterocycles. The van der Waals surface area contributed by atoms with Gasteiger partial charge in [0.1, 0.15) is 11.6 Å². The molecule has 0 saturated carbocycles. The zero-order chi connectivity index (χ0) is 16.5. The second kappa shape index (κ2) is 8.47. The summed E-state index contributed by atoms with van der Waals surface area (Å²) in [6, 6.07) is 7.66. The van der Waals surface area contributed by atoms with Crippen molar-refractivity contribution in [1.82, 2.24) is 5.32 Å². The zero-order valence-electron chi connectivity index (χ0n) is 12.6. The maximum atomic E-state index is 12.0. The summed E-state index contributed by atoms with van der Waals surface area (Å²) in [6.45, 7) is 4.84. The molecule has 0 aliphatic rings. The van der Waals surface area contributed by atoms with E-state index in [4.69, 9.17) is 10.4 Å². The number of hydrogen-bond acceptors (Lipinski definition) is 4. The number of nitriles is 1. The molecule has 22 heavy (non-hydrogen) atoms. The van der Waals surface area contributed by atoms with E-state index in [0.29, 0.717) is 18.2 Å². The molecule has 6 nitrogen and oxygen atoms in total. The van der Waals surface area contributed by atoms with E-state index in [0.717, 1.165) is 6.42 Å². The van der Waals surface area contributed by atoms with Crippen LogP contribution < -0.4 is 10.6 Å². The van der Waals surface area contributed by atoms with Crippen LogP contribution in [0.3, 0.4) is 0 Å². The Morgan fingerprint density at radius 2 is 2.14 bits per heavy atom. The van der Waals surface area contributed by atoms with Gasteiger partial charge in [0, 0.05) is 18.4 Å². The van der Waals surface area contributed by atoms with E-state index in [1.165, 1.54) is 24.4 Å². The Kier molecular flexibility index (Phi) is 6.64. The van der Waals surface area contributed by atoms with Gasteiger partial charge in [-0.2, -0.15) is 5.26 Å². The van der Waals surface area contributed by atoms with Gasteiger partial charge in [0.25, 0.3) is 5.91 Å². The SMILES string of the molecule is CC(C)CCN/C=C(/C#N)C(=O)Nc1cccc(C(=O)O)c1. The van der Waals surface area contributed by atoms with Crippen molar-refractivity contribution in [2.75, 3.05) is 11.9 Å². The Morgan fingerprint density at radius 3 is 2.73 bits per heavy atom. The lowest BCUT2D eigenvalue weighted by atomic mass is 10.1. The topological polar surface area (TPSA) is 102 Å². The van der Waals surface area contributed by atoms with Crippen LogP contribution in [-0.4, -0.2) is 23.5 Å². The van der Waals surface area contributed by atoms with Crippen molar-refractivity contribution in [2.45, 2.75) is 20.3 Å². The molecule has 0 spiro atoms. The minimum absolute atomic E-state index is 0.0651. The molecule has 0 radical (unpaired) electrons. The molecular formula is C16H19N3O3. The minimum atomic E-state index is -1.08.